The summed E-state index contributed by atoms with van der Waals surface area (Å²) in [6.45, 7) is 9.05. The summed E-state index contributed by atoms with van der Waals surface area (Å²) in [5.74, 6) is -22.2. The van der Waals surface area contributed by atoms with E-state index in [1.54, 1.807) is 119 Å². The van der Waals surface area contributed by atoms with Gasteiger partial charge in [0.05, 0.1) is 25.3 Å². The molecule has 1 fully saturated rings. The maximum atomic E-state index is 15.6. The number of nitrogens with one attached hydrogen (secondary N) is 17. The molecule has 1 saturated heterocycles. The highest BCUT2D eigenvalue weighted by Gasteiger charge is 2.42. The predicted octanol–water partition coefficient (Wildman–Crippen LogP) is -0.583. The predicted molar refractivity (Wildman–Crippen MR) is 531 cm³/mol. The molecule has 14 atom stereocenters. The summed E-state index contributed by atoms with van der Waals surface area (Å²) in [6.07, 6.45) is -3.27. The topological polar surface area (TPSA) is 664 Å². The van der Waals surface area contributed by atoms with Crippen LogP contribution in [0.5, 0.6) is 5.75 Å². The monoisotopic (exact) mass is 2000 g/mol. The van der Waals surface area contributed by atoms with Gasteiger partial charge in [-0.3, -0.25) is 92.3 Å². The van der Waals surface area contributed by atoms with Gasteiger partial charge in [-0.25, -0.2) is 0 Å². The lowest BCUT2D eigenvalue weighted by Crippen LogP contribution is -2.62. The minimum absolute atomic E-state index is 0.00813. The number of aliphatic hydroxyl groups excluding tert-OH is 1. The fourth-order valence-corrected chi connectivity index (χ4v) is 16.4. The second kappa shape index (κ2) is 57.1. The Balaban J connectivity index is 1.36. The number of guanidine groups is 2. The van der Waals surface area contributed by atoms with Crippen LogP contribution in [0.25, 0.3) is 11.1 Å². The number of hydrogen-bond acceptors (Lipinski definition) is 22. The number of nitrogens with zero attached hydrogens (tertiary/aromatic N) is 2. The number of primary amides is 1. The quantitative estimate of drug-likeness (QED) is 0.0159. The molecule has 0 radical (unpaired) electrons. The summed E-state index contributed by atoms with van der Waals surface area (Å²) in [5.41, 5.74) is 20.4. The van der Waals surface area contributed by atoms with E-state index in [9.17, 15) is 48.9 Å². The molecule has 1 aliphatic rings. The molecule has 0 unspecified atom stereocenters. The first-order chi connectivity index (χ1) is 67.4. The molecule has 7 rings (SSSR count). The van der Waals surface area contributed by atoms with Crippen LogP contribution >= 0.6 is 23.4 Å². The normalized spacial score (nSPS) is 22.4. The standard InChI is InChI=1S/C98H131ClN22O20S/c1-54(2)42-69-89(134)118-82(56(5)6)94(139)116-75(51-122)91(136)117-76(83(128)107-50-78(100)124)52-142-53-79(125)108-70(44-58-22-13-10-14-23-58)85(130)112-71(46-61-34-38-66(123)39-35-61)87(132)114-74(49-80(126)127)88(133)113-73(47-62-26-19-29-65(99)43-62)90(135)119-81(55(3)4)93(138)115-72(45-60-32-36-64(37-33-60)63-27-17-12-18-28-63)86(131)110-68(31-21-41-106-98(103)104)96(141)120(8)57(7)95(140)121(9)77(48-59-24-15-11-16-25-59)92(137)109-67(84(129)111-69)30-20-40-105-97(101)102/h10-19,22-29,32-39,43,54-57,67-77,81-82,122-123H,20-21,30-31,40-42,44-53H2,1-9H3,(H2,100,124)(H,107,128)(H,108,125)(H,109,137)(H,110,131)(H,111,129)(H,112,130)(H,113,133)(H,114,132)(H,115,138)(H,116,139)(H,117,136)(H,118,134)(H,119,135)(H,126,127)(H4,101,102,105)(H4,103,104,106)/t57-,67-,68-,69-,70-,71-,72-,73-,74-,75-,76-,77-,81-,82-/m0/s1. The summed E-state index contributed by atoms with van der Waals surface area (Å²) in [6, 6.07) is 21.0. The maximum absolute atomic E-state index is 15.6. The highest BCUT2D eigenvalue weighted by Crippen LogP contribution is 2.24. The smallest absolute Gasteiger partial charge is 0.305 e. The van der Waals surface area contributed by atoms with Crippen LogP contribution in [0.15, 0.2) is 164 Å². The summed E-state index contributed by atoms with van der Waals surface area (Å²) in [5, 5.41) is 86.6. The number of carbonyl (C=O) groups excluding carboxylic acids is 16. The number of halogens is 1. The van der Waals surface area contributed by atoms with Crippen LogP contribution in [0.4, 0.5) is 0 Å². The molecule has 6 aromatic carbocycles. The van der Waals surface area contributed by atoms with E-state index >= 15 is 47.9 Å². The second-order valence-electron chi connectivity index (χ2n) is 35.6. The van der Waals surface area contributed by atoms with Crippen molar-refractivity contribution in [1.29, 1.82) is 10.8 Å². The van der Waals surface area contributed by atoms with Crippen molar-refractivity contribution in [3.8, 4) is 16.9 Å². The lowest BCUT2D eigenvalue weighted by atomic mass is 9.98. The molecular formula is C98H131ClN22O20S. The van der Waals surface area contributed by atoms with Gasteiger partial charge in [0.2, 0.25) is 94.5 Å². The molecule has 1 heterocycles. The minimum Gasteiger partial charge on any atom is -0.508 e. The molecule has 0 bridgehead atoms. The van der Waals surface area contributed by atoms with Gasteiger partial charge in [0, 0.05) is 70.1 Å². The van der Waals surface area contributed by atoms with E-state index in [0.717, 1.165) is 20.9 Å². The van der Waals surface area contributed by atoms with E-state index in [-0.39, 0.29) is 86.7 Å². The van der Waals surface area contributed by atoms with E-state index in [1.165, 1.54) is 77.3 Å². The van der Waals surface area contributed by atoms with Crippen LogP contribution < -0.4 is 97.0 Å². The van der Waals surface area contributed by atoms with Crippen molar-refractivity contribution in [2.24, 2.45) is 35.0 Å². The zero-order valence-electron chi connectivity index (χ0n) is 80.6. The van der Waals surface area contributed by atoms with Crippen molar-refractivity contribution in [1.82, 2.24) is 89.6 Å². The Hall–Kier alpha value is -14.8. The largest absolute Gasteiger partial charge is 0.508 e. The first-order valence-corrected chi connectivity index (χ1v) is 48.0. The number of aliphatic carboxylic acids is 1. The molecule has 0 aliphatic carbocycles. The lowest BCUT2D eigenvalue weighted by molar-refractivity contribution is -0.148. The van der Waals surface area contributed by atoms with Crippen molar-refractivity contribution in [2.75, 3.05) is 51.8 Å². The SMILES string of the molecule is CC(C)C[C@@H]1NC(=O)[C@H](CCCNC(=N)N)NC(=O)[C@H](Cc2ccccc2)N(C)C(=O)[C@H](C)N(C)C(=O)[C@H](CCCNC(=N)N)NC(=O)[C@H](Cc2ccc(-c3ccccc3)cc2)NC(=O)[C@H](C(C)C)NC(=O)[C@H](Cc2cccc(Cl)c2)NC(=O)[C@H](CC(=O)O)NC(=O)[C@H](Cc2ccc(O)cc2)NC(=O)[C@H](Cc2ccccc2)NC(=O)CSC[C@@H](C(=O)NCC(N)=O)NC(=O)[C@H](CO)NC(=O)[C@H](C(C)C)NC1=O. The summed E-state index contributed by atoms with van der Waals surface area (Å²) >= 11 is 7.20. The zero-order chi connectivity index (χ0) is 105. The van der Waals surface area contributed by atoms with Crippen LogP contribution in [0.1, 0.15) is 115 Å². The van der Waals surface area contributed by atoms with Crippen LogP contribution in [0.2, 0.25) is 5.02 Å². The average molecular weight is 2000 g/mol. The van der Waals surface area contributed by atoms with E-state index in [4.69, 9.17) is 39.6 Å². The zero-order valence-corrected chi connectivity index (χ0v) is 82.2. The maximum Gasteiger partial charge on any atom is 0.305 e. The van der Waals surface area contributed by atoms with E-state index in [2.05, 4.69) is 79.8 Å². The van der Waals surface area contributed by atoms with Crippen molar-refractivity contribution in [3.63, 3.8) is 0 Å². The number of likely N-dealkylation sites (N-methyl/N-ethyl adjacent to an activating group) is 2. The van der Waals surface area contributed by atoms with Crippen molar-refractivity contribution in [3.05, 3.63) is 197 Å². The Kier molecular flexibility index (Phi) is 45.9. The Morgan fingerprint density at radius 1 is 0.444 bits per heavy atom. The van der Waals surface area contributed by atoms with Gasteiger partial charge in [-0.15, -0.1) is 11.8 Å². The minimum atomic E-state index is -2.09. The number of carbonyl (C=O) groups is 17. The Morgan fingerprint density at radius 2 is 0.845 bits per heavy atom. The number of phenols is 1. The van der Waals surface area contributed by atoms with Crippen molar-refractivity contribution in [2.45, 2.75) is 204 Å². The highest BCUT2D eigenvalue weighted by atomic mass is 35.5. The fourth-order valence-electron chi connectivity index (χ4n) is 15.3. The number of aliphatic hydroxyl groups is 1. The van der Waals surface area contributed by atoms with Gasteiger partial charge >= 0.3 is 5.97 Å². The molecule has 26 N–H and O–H groups in total. The van der Waals surface area contributed by atoms with E-state index in [1.807, 2.05) is 30.3 Å². The first-order valence-electron chi connectivity index (χ1n) is 46.4. The van der Waals surface area contributed by atoms with Crippen LogP contribution in [-0.2, 0) is 114 Å². The first kappa shape index (κ1) is 114. The van der Waals surface area contributed by atoms with Gasteiger partial charge in [0.25, 0.3) is 0 Å². The number of carboxylic acid groups (broad SMARTS) is 1. The Morgan fingerprint density at radius 3 is 1.34 bits per heavy atom. The third-order valence-corrected chi connectivity index (χ3v) is 24.5. The third-order valence-electron chi connectivity index (χ3n) is 23.2. The molecule has 0 aromatic heterocycles. The molecule has 766 valence electrons. The van der Waals surface area contributed by atoms with Crippen molar-refractivity contribution >= 4 is 136 Å². The fraction of sp³-hybridized carbons (Fsp3) is 0.439. The molecule has 44 heteroatoms. The van der Waals surface area contributed by atoms with Gasteiger partial charge in [0.1, 0.15) is 90.3 Å². The average Bonchev–Trinajstić information content (AvgIpc) is 0.821. The Bertz CT molecular complexity index is 5370. The van der Waals surface area contributed by atoms with E-state index < -0.39 is 253 Å². The van der Waals surface area contributed by atoms with Gasteiger partial charge in [0.15, 0.2) is 11.9 Å². The van der Waals surface area contributed by atoms with Crippen LogP contribution in [0, 0.1) is 28.6 Å². The van der Waals surface area contributed by atoms with Gasteiger partial charge < -0.3 is 122 Å². The molecule has 0 saturated carbocycles. The number of benzene rings is 6. The van der Waals surface area contributed by atoms with Crippen LogP contribution in [0.3, 0.4) is 0 Å². The summed E-state index contributed by atoms with van der Waals surface area (Å²) in [4.78, 5) is 252. The van der Waals surface area contributed by atoms with Crippen molar-refractivity contribution < 1.29 is 96.8 Å². The van der Waals surface area contributed by atoms with Gasteiger partial charge in [-0.05, 0) is 120 Å². The summed E-state index contributed by atoms with van der Waals surface area (Å²) in [7, 11) is 2.57. The number of aromatic hydroxyl groups is 1. The number of amides is 16. The molecule has 6 aromatic rings. The molecule has 142 heavy (non-hydrogen) atoms. The lowest BCUT2D eigenvalue weighted by Gasteiger charge is -2.35. The number of nitrogens with two attached hydrogens (primary N) is 3. The number of hydrogen-bond donors (Lipinski definition) is 23. The third kappa shape index (κ3) is 37.8. The molecule has 16 amide bonds. The van der Waals surface area contributed by atoms with E-state index in [0.29, 0.717) is 34.0 Å². The number of rotatable bonds is 29. The number of phenolic OH excluding ortho intramolecular Hbond substituents is 1. The molecular weight excluding hydrogens is 1870 g/mol. The van der Waals surface area contributed by atoms with Crippen LogP contribution in [-0.4, -0.2) is 274 Å². The van der Waals surface area contributed by atoms with Gasteiger partial charge in [-0.1, -0.05) is 193 Å². The van der Waals surface area contributed by atoms with Gasteiger partial charge in [-0.2, -0.15) is 0 Å². The highest BCUT2D eigenvalue weighted by molar-refractivity contribution is 8.00. The molecule has 1 aliphatic heterocycles. The number of thioether (sulfide) groups is 1. The molecule has 42 nitrogen and oxygen atoms in total. The molecule has 0 spiro atoms. The number of carboxylic acids is 1. The summed E-state index contributed by atoms with van der Waals surface area (Å²) < 4.78 is 0. The second-order valence-corrected chi connectivity index (χ2v) is 37.1. The Labute approximate surface area is 832 Å².